The van der Waals surface area contributed by atoms with E-state index in [4.69, 9.17) is 12.2 Å². The van der Waals surface area contributed by atoms with Gasteiger partial charge in [-0.3, -0.25) is 0 Å². The highest BCUT2D eigenvalue weighted by Crippen LogP contribution is 2.17. The van der Waals surface area contributed by atoms with Crippen LogP contribution in [0.25, 0.3) is 0 Å². The highest BCUT2D eigenvalue weighted by atomic mass is 15.3. The lowest BCUT2D eigenvalue weighted by Gasteiger charge is -2.37. The van der Waals surface area contributed by atoms with Crippen molar-refractivity contribution >= 4 is 5.69 Å². The van der Waals surface area contributed by atoms with Crippen LogP contribution in [0.3, 0.4) is 0 Å². The highest BCUT2D eigenvalue weighted by Gasteiger charge is 2.17. The summed E-state index contributed by atoms with van der Waals surface area (Å²) in [5.41, 5.74) is 8.59. The summed E-state index contributed by atoms with van der Waals surface area (Å²) >= 11 is 0. The standard InChI is InChI=1S/C17H21N3/c1-3-16(10-9-15(2)18)19-11-13-20(14-12-19)17-7-5-4-6-8-17/h1,4-10H,11-14,18H2,2H3/b15-9+,16-10+. The van der Waals surface area contributed by atoms with E-state index in [0.717, 1.165) is 37.6 Å². The average molecular weight is 267 g/mol. The Balaban J connectivity index is 1.99. The molecule has 0 unspecified atom stereocenters. The van der Waals surface area contributed by atoms with E-state index in [9.17, 15) is 0 Å². The molecule has 1 heterocycles. The van der Waals surface area contributed by atoms with Gasteiger partial charge in [-0.1, -0.05) is 24.1 Å². The minimum Gasteiger partial charge on any atom is -0.402 e. The molecule has 3 heteroatoms. The van der Waals surface area contributed by atoms with Crippen molar-refractivity contribution in [1.29, 1.82) is 0 Å². The van der Waals surface area contributed by atoms with E-state index in [1.54, 1.807) is 0 Å². The van der Waals surface area contributed by atoms with Gasteiger partial charge >= 0.3 is 0 Å². The Morgan fingerprint density at radius 3 is 2.35 bits per heavy atom. The maximum Gasteiger partial charge on any atom is 0.0878 e. The first-order valence-corrected chi connectivity index (χ1v) is 6.86. The molecule has 1 aromatic rings. The molecule has 1 aliphatic rings. The van der Waals surface area contributed by atoms with Crippen molar-refractivity contribution in [2.75, 3.05) is 31.1 Å². The fourth-order valence-corrected chi connectivity index (χ4v) is 2.30. The first-order chi connectivity index (χ1) is 9.70. The molecule has 0 aliphatic carbocycles. The Bertz CT molecular complexity index is 525. The summed E-state index contributed by atoms with van der Waals surface area (Å²) in [6.07, 6.45) is 9.38. The second-order valence-electron chi connectivity index (χ2n) is 4.92. The van der Waals surface area contributed by atoms with Gasteiger partial charge in [-0.2, -0.15) is 0 Å². The number of hydrogen-bond acceptors (Lipinski definition) is 3. The van der Waals surface area contributed by atoms with Crippen molar-refractivity contribution in [2.45, 2.75) is 6.92 Å². The molecule has 1 saturated heterocycles. The Morgan fingerprint density at radius 1 is 1.15 bits per heavy atom. The predicted octanol–water partition coefficient (Wildman–Crippen LogP) is 2.19. The lowest BCUT2D eigenvalue weighted by Crippen LogP contribution is -2.45. The fraction of sp³-hybridized carbons (Fsp3) is 0.294. The SMILES string of the molecule is C#C/C(=C\C=C(/C)N)N1CCN(c2ccccc2)CC1. The van der Waals surface area contributed by atoms with E-state index in [1.165, 1.54) is 5.69 Å². The Kier molecular flexibility index (Phi) is 4.73. The third-order valence-electron chi connectivity index (χ3n) is 3.39. The summed E-state index contributed by atoms with van der Waals surface area (Å²) in [6.45, 7) is 5.69. The molecule has 2 rings (SSSR count). The zero-order chi connectivity index (χ0) is 14.4. The van der Waals surface area contributed by atoms with Crippen LogP contribution < -0.4 is 10.6 Å². The van der Waals surface area contributed by atoms with Gasteiger partial charge in [-0.25, -0.2) is 0 Å². The van der Waals surface area contributed by atoms with Gasteiger partial charge in [-0.05, 0) is 31.2 Å². The van der Waals surface area contributed by atoms with Crippen LogP contribution in [0.4, 0.5) is 5.69 Å². The maximum absolute atomic E-state index is 5.64. The van der Waals surface area contributed by atoms with Crippen LogP contribution >= 0.6 is 0 Å². The van der Waals surface area contributed by atoms with Gasteiger partial charge in [0.05, 0.1) is 5.70 Å². The molecule has 2 N–H and O–H groups in total. The van der Waals surface area contributed by atoms with E-state index in [-0.39, 0.29) is 0 Å². The third kappa shape index (κ3) is 3.58. The van der Waals surface area contributed by atoms with Crippen molar-refractivity contribution in [3.05, 3.63) is 53.9 Å². The lowest BCUT2D eigenvalue weighted by molar-refractivity contribution is 0.333. The topological polar surface area (TPSA) is 32.5 Å². The maximum atomic E-state index is 5.64. The summed E-state index contributed by atoms with van der Waals surface area (Å²) in [6, 6.07) is 10.5. The number of rotatable bonds is 3. The number of nitrogens with two attached hydrogens (primary N) is 1. The normalized spacial score (nSPS) is 17.0. The van der Waals surface area contributed by atoms with Crippen molar-refractivity contribution < 1.29 is 0 Å². The quantitative estimate of drug-likeness (QED) is 0.673. The molecule has 3 nitrogen and oxygen atoms in total. The third-order valence-corrected chi connectivity index (χ3v) is 3.39. The Labute approximate surface area is 121 Å². The number of anilines is 1. The molecule has 1 aliphatic heterocycles. The second kappa shape index (κ2) is 6.72. The summed E-state index contributed by atoms with van der Waals surface area (Å²) in [4.78, 5) is 4.62. The van der Waals surface area contributed by atoms with Crippen LogP contribution in [0.5, 0.6) is 0 Å². The van der Waals surface area contributed by atoms with Crippen LogP contribution in [0.15, 0.2) is 53.9 Å². The molecule has 0 bridgehead atoms. The predicted molar refractivity (Wildman–Crippen MR) is 85.1 cm³/mol. The van der Waals surface area contributed by atoms with Crippen LogP contribution in [0, 0.1) is 12.3 Å². The molecule has 0 amide bonds. The first-order valence-electron chi connectivity index (χ1n) is 6.86. The summed E-state index contributed by atoms with van der Waals surface area (Å²) < 4.78 is 0. The van der Waals surface area contributed by atoms with Gasteiger partial charge in [-0.15, -0.1) is 6.42 Å². The van der Waals surface area contributed by atoms with Crippen molar-refractivity contribution in [3.63, 3.8) is 0 Å². The summed E-state index contributed by atoms with van der Waals surface area (Å²) in [5.74, 6) is 2.75. The molecule has 0 radical (unpaired) electrons. The molecule has 20 heavy (non-hydrogen) atoms. The van der Waals surface area contributed by atoms with E-state index >= 15 is 0 Å². The molecule has 0 spiro atoms. The smallest absolute Gasteiger partial charge is 0.0878 e. The number of hydrogen-bond donors (Lipinski definition) is 1. The molecule has 0 aromatic heterocycles. The Hall–Kier alpha value is -2.34. The molecule has 104 valence electrons. The van der Waals surface area contributed by atoms with Gasteiger partial charge < -0.3 is 15.5 Å². The Morgan fingerprint density at radius 2 is 1.80 bits per heavy atom. The monoisotopic (exact) mass is 267 g/mol. The van der Waals surface area contributed by atoms with Crippen LogP contribution in [0.1, 0.15) is 6.92 Å². The summed E-state index contributed by atoms with van der Waals surface area (Å²) in [7, 11) is 0. The first kappa shape index (κ1) is 14.1. The molecule has 0 atom stereocenters. The largest absolute Gasteiger partial charge is 0.402 e. The van der Waals surface area contributed by atoms with Crippen molar-refractivity contribution in [2.24, 2.45) is 5.73 Å². The summed E-state index contributed by atoms with van der Waals surface area (Å²) in [5, 5.41) is 0. The number of benzene rings is 1. The van der Waals surface area contributed by atoms with Gasteiger partial charge in [0.2, 0.25) is 0 Å². The number of nitrogens with zero attached hydrogens (tertiary/aromatic N) is 2. The van der Waals surface area contributed by atoms with E-state index in [0.29, 0.717) is 0 Å². The van der Waals surface area contributed by atoms with Crippen LogP contribution in [0.2, 0.25) is 0 Å². The number of piperazine rings is 1. The van der Waals surface area contributed by atoms with Gasteiger partial charge in [0.15, 0.2) is 0 Å². The van der Waals surface area contributed by atoms with Gasteiger partial charge in [0.25, 0.3) is 0 Å². The number of allylic oxidation sites excluding steroid dienone is 4. The van der Waals surface area contributed by atoms with E-state index in [1.807, 2.05) is 25.1 Å². The second-order valence-corrected chi connectivity index (χ2v) is 4.92. The lowest BCUT2D eigenvalue weighted by atomic mass is 10.2. The number of terminal acetylenes is 1. The van der Waals surface area contributed by atoms with Gasteiger partial charge in [0, 0.05) is 37.6 Å². The van der Waals surface area contributed by atoms with Crippen molar-refractivity contribution in [1.82, 2.24) is 4.90 Å². The molecule has 1 aromatic carbocycles. The van der Waals surface area contributed by atoms with Crippen LogP contribution in [-0.2, 0) is 0 Å². The fourth-order valence-electron chi connectivity index (χ4n) is 2.30. The highest BCUT2D eigenvalue weighted by molar-refractivity contribution is 5.46. The minimum absolute atomic E-state index is 0.765. The zero-order valence-electron chi connectivity index (χ0n) is 11.9. The number of para-hydroxylation sites is 1. The molecular formula is C17H21N3. The molecular weight excluding hydrogens is 246 g/mol. The van der Waals surface area contributed by atoms with Crippen molar-refractivity contribution in [3.8, 4) is 12.3 Å². The molecule has 1 fully saturated rings. The minimum atomic E-state index is 0.765. The van der Waals surface area contributed by atoms with Crippen LogP contribution in [-0.4, -0.2) is 31.1 Å². The molecule has 0 saturated carbocycles. The zero-order valence-corrected chi connectivity index (χ0v) is 11.9. The average Bonchev–Trinajstić information content (AvgIpc) is 2.49. The van der Waals surface area contributed by atoms with E-state index in [2.05, 4.69) is 40.0 Å². The van der Waals surface area contributed by atoms with E-state index < -0.39 is 0 Å². The van der Waals surface area contributed by atoms with Gasteiger partial charge in [0.1, 0.15) is 0 Å².